The first-order valence-corrected chi connectivity index (χ1v) is 8.88. The fraction of sp³-hybridized carbons (Fsp3) is 0.263. The maximum Gasteiger partial charge on any atom is 0.240 e. The lowest BCUT2D eigenvalue weighted by atomic mass is 10.0. The number of carbonyl (C=O) groups is 2. The van der Waals surface area contributed by atoms with Crippen LogP contribution in [0.1, 0.15) is 25.3 Å². The van der Waals surface area contributed by atoms with Gasteiger partial charge in [-0.15, -0.1) is 0 Å². The van der Waals surface area contributed by atoms with E-state index in [0.717, 1.165) is 17.7 Å². The van der Waals surface area contributed by atoms with Crippen LogP contribution < -0.4 is 10.6 Å². The summed E-state index contributed by atoms with van der Waals surface area (Å²) in [5, 5.41) is 6.47. The van der Waals surface area contributed by atoms with E-state index in [9.17, 15) is 9.59 Å². The van der Waals surface area contributed by atoms with Crippen molar-refractivity contribution in [2.45, 2.75) is 26.2 Å². The average molecular weight is 377 g/mol. The molecule has 2 aromatic rings. The summed E-state index contributed by atoms with van der Waals surface area (Å²) in [6.45, 7) is 2.02. The molecule has 6 heteroatoms. The zero-order valence-electron chi connectivity index (χ0n) is 13.7. The fourth-order valence-electron chi connectivity index (χ4n) is 2.71. The fourth-order valence-corrected chi connectivity index (χ4v) is 3.16. The van der Waals surface area contributed by atoms with Gasteiger partial charge in [0.15, 0.2) is 0 Å². The normalized spacial score (nSPS) is 14.7. The van der Waals surface area contributed by atoms with Crippen LogP contribution in [0.2, 0.25) is 10.0 Å². The molecule has 0 aliphatic heterocycles. The molecule has 25 heavy (non-hydrogen) atoms. The second kappa shape index (κ2) is 7.06. The Morgan fingerprint density at radius 2 is 1.64 bits per heavy atom. The van der Waals surface area contributed by atoms with Gasteiger partial charge in [-0.3, -0.25) is 9.59 Å². The van der Waals surface area contributed by atoms with Gasteiger partial charge in [0, 0.05) is 10.7 Å². The molecule has 0 radical (unpaired) electrons. The smallest absolute Gasteiger partial charge is 0.240 e. The highest BCUT2D eigenvalue weighted by Crippen LogP contribution is 2.48. The van der Waals surface area contributed by atoms with Crippen LogP contribution in [0.15, 0.2) is 42.5 Å². The molecule has 1 aliphatic rings. The third kappa shape index (κ3) is 3.65. The molecule has 0 heterocycles. The summed E-state index contributed by atoms with van der Waals surface area (Å²) in [6.07, 6.45) is 1.84. The minimum atomic E-state index is -1.04. The lowest BCUT2D eigenvalue weighted by Crippen LogP contribution is -2.36. The van der Waals surface area contributed by atoms with Crippen LogP contribution in [0.4, 0.5) is 11.4 Å². The predicted octanol–water partition coefficient (Wildman–Crippen LogP) is 4.91. The molecule has 0 bridgehead atoms. The number of para-hydroxylation sites is 1. The lowest BCUT2D eigenvalue weighted by molar-refractivity contribution is -0.131. The Bertz CT molecular complexity index is 832. The van der Waals surface area contributed by atoms with Crippen molar-refractivity contribution in [3.05, 3.63) is 58.1 Å². The van der Waals surface area contributed by atoms with E-state index in [1.165, 1.54) is 0 Å². The van der Waals surface area contributed by atoms with Gasteiger partial charge in [0.1, 0.15) is 5.41 Å². The maximum absolute atomic E-state index is 12.7. The third-order valence-electron chi connectivity index (χ3n) is 4.45. The standard InChI is InChI=1S/C19H18Cl2N2O2/c1-2-12-5-3-4-6-15(12)22-17(24)19(9-10-19)18(25)23-16-8-7-13(20)11-14(16)21/h3-8,11H,2,9-10H2,1H3,(H,22,24)(H,23,25). The van der Waals surface area contributed by atoms with Crippen molar-refractivity contribution in [2.24, 2.45) is 5.41 Å². The second-order valence-electron chi connectivity index (χ2n) is 6.13. The molecule has 1 aliphatic carbocycles. The highest BCUT2D eigenvalue weighted by Gasteiger charge is 2.56. The zero-order valence-corrected chi connectivity index (χ0v) is 15.2. The first kappa shape index (κ1) is 17.8. The van der Waals surface area contributed by atoms with E-state index in [2.05, 4.69) is 10.6 Å². The molecule has 0 spiro atoms. The molecule has 0 unspecified atom stereocenters. The number of benzene rings is 2. The highest BCUT2D eigenvalue weighted by atomic mass is 35.5. The number of nitrogens with one attached hydrogen (secondary N) is 2. The van der Waals surface area contributed by atoms with Crippen molar-refractivity contribution in [2.75, 3.05) is 10.6 Å². The number of rotatable bonds is 5. The molecular formula is C19H18Cl2N2O2. The van der Waals surface area contributed by atoms with Crippen molar-refractivity contribution in [3.8, 4) is 0 Å². The van der Waals surface area contributed by atoms with Gasteiger partial charge in [-0.2, -0.15) is 0 Å². The average Bonchev–Trinajstić information content (AvgIpc) is 3.40. The Morgan fingerprint density at radius 1 is 1.00 bits per heavy atom. The Balaban J connectivity index is 1.74. The van der Waals surface area contributed by atoms with Crippen molar-refractivity contribution in [1.82, 2.24) is 0 Å². The van der Waals surface area contributed by atoms with Gasteiger partial charge in [-0.05, 0) is 49.1 Å². The molecule has 2 amide bonds. The molecule has 0 atom stereocenters. The zero-order chi connectivity index (χ0) is 18.0. The van der Waals surface area contributed by atoms with Crippen LogP contribution in [0.25, 0.3) is 0 Å². The molecule has 130 valence electrons. The van der Waals surface area contributed by atoms with Crippen LogP contribution in [0, 0.1) is 5.41 Å². The molecule has 4 nitrogen and oxygen atoms in total. The Morgan fingerprint density at radius 3 is 2.24 bits per heavy atom. The monoisotopic (exact) mass is 376 g/mol. The lowest BCUT2D eigenvalue weighted by Gasteiger charge is -2.17. The van der Waals surface area contributed by atoms with E-state index in [1.54, 1.807) is 18.2 Å². The first-order chi connectivity index (χ1) is 12.0. The Kier molecular flexibility index (Phi) is 5.02. The van der Waals surface area contributed by atoms with Gasteiger partial charge >= 0.3 is 0 Å². The number of amides is 2. The number of hydrogen-bond donors (Lipinski definition) is 2. The maximum atomic E-state index is 12.7. The molecule has 1 fully saturated rings. The molecule has 0 aromatic heterocycles. The SMILES string of the molecule is CCc1ccccc1NC(=O)C1(C(=O)Nc2ccc(Cl)cc2Cl)CC1. The van der Waals surface area contributed by atoms with Crippen LogP contribution in [-0.2, 0) is 16.0 Å². The number of halogens is 2. The quantitative estimate of drug-likeness (QED) is 0.728. The van der Waals surface area contributed by atoms with E-state index in [0.29, 0.717) is 28.6 Å². The second-order valence-corrected chi connectivity index (χ2v) is 6.97. The van der Waals surface area contributed by atoms with E-state index in [-0.39, 0.29) is 11.8 Å². The van der Waals surface area contributed by atoms with E-state index in [4.69, 9.17) is 23.2 Å². The summed E-state index contributed by atoms with van der Waals surface area (Å²) in [5.74, 6) is -0.626. The molecule has 0 saturated heterocycles. The number of anilines is 2. The van der Waals surface area contributed by atoms with Crippen LogP contribution in [0.5, 0.6) is 0 Å². The van der Waals surface area contributed by atoms with Gasteiger partial charge in [0.05, 0.1) is 10.7 Å². The first-order valence-electron chi connectivity index (χ1n) is 8.12. The van der Waals surface area contributed by atoms with Crippen molar-refractivity contribution in [3.63, 3.8) is 0 Å². The molecule has 3 rings (SSSR count). The Labute approximate surface area is 156 Å². The van der Waals surface area contributed by atoms with E-state index >= 15 is 0 Å². The minimum absolute atomic E-state index is 0.281. The van der Waals surface area contributed by atoms with Crippen molar-refractivity contribution < 1.29 is 9.59 Å². The van der Waals surface area contributed by atoms with E-state index < -0.39 is 5.41 Å². The number of hydrogen-bond acceptors (Lipinski definition) is 2. The van der Waals surface area contributed by atoms with E-state index in [1.807, 2.05) is 31.2 Å². The van der Waals surface area contributed by atoms with Gasteiger partial charge in [-0.1, -0.05) is 48.3 Å². The largest absolute Gasteiger partial charge is 0.325 e. The van der Waals surface area contributed by atoms with Crippen LogP contribution >= 0.6 is 23.2 Å². The van der Waals surface area contributed by atoms with Gasteiger partial charge in [0.25, 0.3) is 0 Å². The third-order valence-corrected chi connectivity index (χ3v) is 4.99. The molecule has 2 aromatic carbocycles. The Hall–Kier alpha value is -2.04. The predicted molar refractivity (Wildman–Crippen MR) is 101 cm³/mol. The van der Waals surface area contributed by atoms with Gasteiger partial charge < -0.3 is 10.6 Å². The highest BCUT2D eigenvalue weighted by molar-refractivity contribution is 6.37. The molecular weight excluding hydrogens is 359 g/mol. The summed E-state index contributed by atoms with van der Waals surface area (Å²) in [6, 6.07) is 12.4. The van der Waals surface area contributed by atoms with Crippen LogP contribution in [-0.4, -0.2) is 11.8 Å². The topological polar surface area (TPSA) is 58.2 Å². The molecule has 1 saturated carbocycles. The minimum Gasteiger partial charge on any atom is -0.325 e. The van der Waals surface area contributed by atoms with Gasteiger partial charge in [-0.25, -0.2) is 0 Å². The summed E-state index contributed by atoms with van der Waals surface area (Å²) >= 11 is 12.0. The summed E-state index contributed by atoms with van der Waals surface area (Å²) in [4.78, 5) is 25.4. The summed E-state index contributed by atoms with van der Waals surface area (Å²) in [5.41, 5.74) is 1.19. The number of carbonyl (C=O) groups excluding carboxylic acids is 2. The van der Waals surface area contributed by atoms with Crippen LogP contribution in [0.3, 0.4) is 0 Å². The molecule has 2 N–H and O–H groups in total. The van der Waals surface area contributed by atoms with Crippen molar-refractivity contribution in [1.29, 1.82) is 0 Å². The summed E-state index contributed by atoms with van der Waals surface area (Å²) < 4.78 is 0. The summed E-state index contributed by atoms with van der Waals surface area (Å²) in [7, 11) is 0. The van der Waals surface area contributed by atoms with Gasteiger partial charge in [0.2, 0.25) is 11.8 Å². The van der Waals surface area contributed by atoms with Crippen molar-refractivity contribution >= 4 is 46.4 Å². The number of aryl methyl sites for hydroxylation is 1.